The molecular weight excluding hydrogens is 264 g/mol. The summed E-state index contributed by atoms with van der Waals surface area (Å²) in [5, 5.41) is 0. The van der Waals surface area contributed by atoms with E-state index in [1.54, 1.807) is 6.07 Å². The van der Waals surface area contributed by atoms with Gasteiger partial charge in [-0.2, -0.15) is 0 Å². The summed E-state index contributed by atoms with van der Waals surface area (Å²) in [6, 6.07) is 9.60. The van der Waals surface area contributed by atoms with E-state index in [0.717, 1.165) is 16.8 Å². The number of rotatable bonds is 3. The van der Waals surface area contributed by atoms with Gasteiger partial charge >= 0.3 is 0 Å². The molecule has 0 amide bonds. The number of nitrogen functional groups attached to an aromatic ring is 1. The molecule has 0 aliphatic heterocycles. The number of aryl methyl sites for hydroxylation is 2. The molecule has 1 aromatic heterocycles. The van der Waals surface area contributed by atoms with Crippen LogP contribution in [0.15, 0.2) is 34.7 Å². The number of hydrogen-bond acceptors (Lipinski definition) is 4. The quantitative estimate of drug-likeness (QED) is 0.740. The Balaban J connectivity index is 1.83. The van der Waals surface area contributed by atoms with Gasteiger partial charge in [0, 0.05) is 11.8 Å². The molecule has 0 atom stereocenters. The standard InChI is InChI=1S/C17H18N2O2/c1-10-6-11(2)12(3)15(7-10)20-9-17-19-14-5-4-13(18)8-16(14)21-17/h4-8H,9,18H2,1-3H3. The number of benzene rings is 2. The van der Waals surface area contributed by atoms with Gasteiger partial charge in [0.1, 0.15) is 11.3 Å². The van der Waals surface area contributed by atoms with Crippen molar-refractivity contribution in [1.29, 1.82) is 0 Å². The molecular formula is C17H18N2O2. The van der Waals surface area contributed by atoms with Crippen molar-refractivity contribution in [3.63, 3.8) is 0 Å². The summed E-state index contributed by atoms with van der Waals surface area (Å²) in [6.45, 7) is 6.49. The molecule has 0 saturated heterocycles. The second kappa shape index (κ2) is 5.13. The van der Waals surface area contributed by atoms with Crippen molar-refractivity contribution in [3.05, 3.63) is 52.9 Å². The smallest absolute Gasteiger partial charge is 0.233 e. The third-order valence-electron chi connectivity index (χ3n) is 3.57. The van der Waals surface area contributed by atoms with Crippen molar-refractivity contribution in [2.24, 2.45) is 0 Å². The molecule has 0 bridgehead atoms. The van der Waals surface area contributed by atoms with Gasteiger partial charge in [0.2, 0.25) is 5.89 Å². The van der Waals surface area contributed by atoms with Crippen molar-refractivity contribution in [2.75, 3.05) is 5.73 Å². The third-order valence-corrected chi connectivity index (χ3v) is 3.57. The van der Waals surface area contributed by atoms with Crippen LogP contribution >= 0.6 is 0 Å². The summed E-state index contributed by atoms with van der Waals surface area (Å²) in [5.74, 6) is 1.42. The fourth-order valence-corrected chi connectivity index (χ4v) is 2.34. The maximum Gasteiger partial charge on any atom is 0.233 e. The minimum atomic E-state index is 0.304. The van der Waals surface area contributed by atoms with Gasteiger partial charge in [-0.05, 0) is 55.7 Å². The summed E-state index contributed by atoms with van der Waals surface area (Å²) >= 11 is 0. The largest absolute Gasteiger partial charge is 0.484 e. The minimum Gasteiger partial charge on any atom is -0.484 e. The normalized spacial score (nSPS) is 11.0. The molecule has 4 nitrogen and oxygen atoms in total. The van der Waals surface area contributed by atoms with Crippen LogP contribution in [0.25, 0.3) is 11.1 Å². The van der Waals surface area contributed by atoms with E-state index in [-0.39, 0.29) is 0 Å². The number of ether oxygens (including phenoxy) is 1. The van der Waals surface area contributed by atoms with Crippen molar-refractivity contribution >= 4 is 16.8 Å². The number of hydrogen-bond donors (Lipinski definition) is 1. The molecule has 0 radical (unpaired) electrons. The van der Waals surface area contributed by atoms with E-state index in [2.05, 4.69) is 31.8 Å². The van der Waals surface area contributed by atoms with Crippen LogP contribution in [0.2, 0.25) is 0 Å². The highest BCUT2D eigenvalue weighted by molar-refractivity contribution is 5.76. The Labute approximate surface area is 123 Å². The Bertz CT molecular complexity index is 806. The molecule has 0 aliphatic carbocycles. The van der Waals surface area contributed by atoms with Crippen LogP contribution in [0, 0.1) is 20.8 Å². The Kier molecular flexibility index (Phi) is 3.29. The molecule has 108 valence electrons. The van der Waals surface area contributed by atoms with E-state index >= 15 is 0 Å². The fraction of sp³-hybridized carbons (Fsp3) is 0.235. The molecule has 0 fully saturated rings. The highest BCUT2D eigenvalue weighted by Crippen LogP contribution is 2.25. The van der Waals surface area contributed by atoms with E-state index in [9.17, 15) is 0 Å². The lowest BCUT2D eigenvalue weighted by atomic mass is 10.1. The Morgan fingerprint density at radius 1 is 1.14 bits per heavy atom. The number of aromatic nitrogens is 1. The predicted molar refractivity (Wildman–Crippen MR) is 83.4 cm³/mol. The first-order valence-electron chi connectivity index (χ1n) is 6.88. The maximum atomic E-state index is 5.86. The lowest BCUT2D eigenvalue weighted by Gasteiger charge is -2.10. The highest BCUT2D eigenvalue weighted by atomic mass is 16.5. The van der Waals surface area contributed by atoms with Crippen LogP contribution in [-0.4, -0.2) is 4.98 Å². The lowest BCUT2D eigenvalue weighted by Crippen LogP contribution is -1.99. The monoisotopic (exact) mass is 282 g/mol. The van der Waals surface area contributed by atoms with Gasteiger partial charge in [0.25, 0.3) is 0 Å². The molecule has 4 heteroatoms. The van der Waals surface area contributed by atoms with Gasteiger partial charge < -0.3 is 14.9 Å². The van der Waals surface area contributed by atoms with E-state index in [4.69, 9.17) is 14.9 Å². The van der Waals surface area contributed by atoms with Gasteiger partial charge in [-0.25, -0.2) is 4.98 Å². The van der Waals surface area contributed by atoms with Crippen LogP contribution in [-0.2, 0) is 6.61 Å². The van der Waals surface area contributed by atoms with Crippen molar-refractivity contribution in [3.8, 4) is 5.75 Å². The zero-order valence-corrected chi connectivity index (χ0v) is 12.4. The molecule has 3 aromatic rings. The van der Waals surface area contributed by atoms with Crippen LogP contribution in [0.5, 0.6) is 5.75 Å². The zero-order valence-electron chi connectivity index (χ0n) is 12.4. The molecule has 2 N–H and O–H groups in total. The van der Waals surface area contributed by atoms with Gasteiger partial charge in [-0.3, -0.25) is 0 Å². The number of fused-ring (bicyclic) bond motifs is 1. The van der Waals surface area contributed by atoms with Crippen molar-refractivity contribution < 1.29 is 9.15 Å². The van der Waals surface area contributed by atoms with E-state index < -0.39 is 0 Å². The van der Waals surface area contributed by atoms with Crippen molar-refractivity contribution in [2.45, 2.75) is 27.4 Å². The summed E-state index contributed by atoms with van der Waals surface area (Å²) < 4.78 is 11.5. The Hall–Kier alpha value is -2.49. The predicted octanol–water partition coefficient (Wildman–Crippen LogP) is 3.91. The minimum absolute atomic E-state index is 0.304. The summed E-state index contributed by atoms with van der Waals surface area (Å²) in [6.07, 6.45) is 0. The first kappa shape index (κ1) is 13.5. The summed E-state index contributed by atoms with van der Waals surface area (Å²) in [4.78, 5) is 4.40. The first-order valence-corrected chi connectivity index (χ1v) is 6.88. The van der Waals surface area contributed by atoms with Crippen LogP contribution in [0.3, 0.4) is 0 Å². The van der Waals surface area contributed by atoms with Crippen LogP contribution in [0.4, 0.5) is 5.69 Å². The van der Waals surface area contributed by atoms with E-state index in [1.165, 1.54) is 11.1 Å². The molecule has 21 heavy (non-hydrogen) atoms. The number of nitrogens with zero attached hydrogens (tertiary/aromatic N) is 1. The Morgan fingerprint density at radius 3 is 2.76 bits per heavy atom. The number of anilines is 1. The first-order chi connectivity index (χ1) is 10.0. The van der Waals surface area contributed by atoms with Gasteiger partial charge in [0.05, 0.1) is 0 Å². The van der Waals surface area contributed by atoms with Crippen LogP contribution in [0.1, 0.15) is 22.6 Å². The molecule has 1 heterocycles. The zero-order chi connectivity index (χ0) is 15.0. The van der Waals surface area contributed by atoms with Gasteiger partial charge in [0.15, 0.2) is 12.2 Å². The SMILES string of the molecule is Cc1cc(C)c(C)c(OCc2nc3ccc(N)cc3o2)c1. The number of oxazole rings is 1. The van der Waals surface area contributed by atoms with Crippen molar-refractivity contribution in [1.82, 2.24) is 4.98 Å². The highest BCUT2D eigenvalue weighted by Gasteiger charge is 2.09. The van der Waals surface area contributed by atoms with E-state index in [0.29, 0.717) is 23.8 Å². The second-order valence-electron chi connectivity index (χ2n) is 5.33. The Morgan fingerprint density at radius 2 is 1.95 bits per heavy atom. The molecule has 2 aromatic carbocycles. The summed E-state index contributed by atoms with van der Waals surface area (Å²) in [7, 11) is 0. The topological polar surface area (TPSA) is 61.3 Å². The average molecular weight is 282 g/mol. The van der Waals surface area contributed by atoms with E-state index in [1.807, 2.05) is 18.2 Å². The fourth-order valence-electron chi connectivity index (χ4n) is 2.34. The third kappa shape index (κ3) is 2.70. The number of nitrogens with two attached hydrogens (primary N) is 1. The maximum absolute atomic E-state index is 5.86. The summed E-state index contributed by atoms with van der Waals surface area (Å²) in [5.41, 5.74) is 11.4. The second-order valence-corrected chi connectivity index (χ2v) is 5.33. The molecule has 0 aliphatic rings. The molecule has 0 spiro atoms. The molecule has 3 rings (SSSR count). The van der Waals surface area contributed by atoms with Gasteiger partial charge in [-0.1, -0.05) is 6.07 Å². The molecule has 0 saturated carbocycles. The average Bonchev–Trinajstić information content (AvgIpc) is 2.83. The lowest BCUT2D eigenvalue weighted by molar-refractivity contribution is 0.265. The van der Waals surface area contributed by atoms with Crippen LogP contribution < -0.4 is 10.5 Å². The molecule has 0 unspecified atom stereocenters. The van der Waals surface area contributed by atoms with Gasteiger partial charge in [-0.15, -0.1) is 0 Å².